The molecule has 0 saturated carbocycles. The second-order valence-corrected chi connectivity index (χ2v) is 8.45. The van der Waals surface area contributed by atoms with Crippen LogP contribution >= 0.6 is 11.6 Å². The van der Waals surface area contributed by atoms with Crippen LogP contribution in [0.1, 0.15) is 46.7 Å². The second kappa shape index (κ2) is 8.04. The van der Waals surface area contributed by atoms with E-state index >= 15 is 0 Å². The number of imidazole rings is 1. The zero-order valence-corrected chi connectivity index (χ0v) is 18.7. The summed E-state index contributed by atoms with van der Waals surface area (Å²) >= 11 is 6.09. The van der Waals surface area contributed by atoms with E-state index < -0.39 is 11.9 Å². The number of hydrogen-bond acceptors (Lipinski definition) is 4. The van der Waals surface area contributed by atoms with Crippen molar-refractivity contribution >= 4 is 22.8 Å². The Morgan fingerprint density at radius 1 is 1.21 bits per heavy atom. The van der Waals surface area contributed by atoms with E-state index in [9.17, 15) is 14.8 Å². The number of pyridine rings is 1. The predicted octanol–water partition coefficient (Wildman–Crippen LogP) is 5.75. The molecule has 2 aromatic heterocycles. The molecule has 2 aromatic carbocycles. The molecule has 3 heterocycles. The molecule has 5 nitrogen and oxygen atoms in total. The molecule has 1 unspecified atom stereocenters. The topological polar surface area (TPSA) is 70.5 Å². The third-order valence-corrected chi connectivity index (χ3v) is 6.16. The molecule has 5 rings (SSSR count). The zero-order valence-electron chi connectivity index (χ0n) is 17.9. The molecule has 33 heavy (non-hydrogen) atoms. The molecule has 1 aliphatic heterocycles. The van der Waals surface area contributed by atoms with Crippen molar-refractivity contribution < 1.29 is 14.2 Å². The maximum absolute atomic E-state index is 13.9. The number of ether oxygens (including phenoxy) is 1. The van der Waals surface area contributed by atoms with Gasteiger partial charge < -0.3 is 14.2 Å². The molecule has 4 aromatic rings. The Bertz CT molecular complexity index is 1500. The first-order valence-corrected chi connectivity index (χ1v) is 10.7. The fourth-order valence-corrected chi connectivity index (χ4v) is 4.53. The van der Waals surface area contributed by atoms with E-state index in [1.165, 1.54) is 12.1 Å². The molecule has 1 atom stereocenters. The van der Waals surface area contributed by atoms with E-state index in [-0.39, 0.29) is 6.61 Å². The van der Waals surface area contributed by atoms with Gasteiger partial charge >= 0.3 is 0 Å². The number of hydrogen-bond donors (Lipinski definition) is 1. The van der Waals surface area contributed by atoms with Gasteiger partial charge in [-0.15, -0.1) is 0 Å². The lowest BCUT2D eigenvalue weighted by molar-refractivity contribution is 0.213. The summed E-state index contributed by atoms with van der Waals surface area (Å²) < 4.78 is 21.6. The van der Waals surface area contributed by atoms with Gasteiger partial charge in [0.1, 0.15) is 29.9 Å². The van der Waals surface area contributed by atoms with Gasteiger partial charge in [0.25, 0.3) is 0 Å². The van der Waals surface area contributed by atoms with E-state index in [4.69, 9.17) is 16.3 Å². The van der Waals surface area contributed by atoms with Crippen LogP contribution in [0.4, 0.5) is 4.39 Å². The fourth-order valence-electron chi connectivity index (χ4n) is 4.37. The number of aryl methyl sites for hydroxylation is 1. The lowest BCUT2D eigenvalue weighted by Gasteiger charge is -2.16. The number of aliphatic hydroxyl groups is 1. The number of aliphatic hydroxyl groups excluding tert-OH is 1. The lowest BCUT2D eigenvalue weighted by Crippen LogP contribution is -2.07. The highest BCUT2D eigenvalue weighted by molar-refractivity contribution is 6.30. The molecule has 0 amide bonds. The van der Waals surface area contributed by atoms with Crippen LogP contribution in [0.3, 0.4) is 0 Å². The molecule has 0 bridgehead atoms. The van der Waals surface area contributed by atoms with Crippen molar-refractivity contribution in [1.29, 1.82) is 5.26 Å². The Kier molecular flexibility index (Phi) is 5.16. The normalized spacial score (nSPS) is 15.2. The largest absolute Gasteiger partial charge is 0.488 e. The van der Waals surface area contributed by atoms with Crippen LogP contribution < -0.4 is 4.74 Å². The molecule has 0 radical (unpaired) electrons. The summed E-state index contributed by atoms with van der Waals surface area (Å²) in [5.41, 5.74) is 6.11. The summed E-state index contributed by atoms with van der Waals surface area (Å²) in [6.45, 7) is 3.75. The monoisotopic (exact) mass is 459 g/mol. The van der Waals surface area contributed by atoms with Crippen LogP contribution in [-0.2, 0) is 6.61 Å². The van der Waals surface area contributed by atoms with Crippen molar-refractivity contribution in [3.8, 4) is 11.8 Å². The first-order chi connectivity index (χ1) is 15.9. The Hall–Kier alpha value is -3.66. The smallest absolute Gasteiger partial charge is 0.138 e. The Morgan fingerprint density at radius 3 is 2.79 bits per heavy atom. The molecule has 0 saturated heterocycles. The fraction of sp³-hybridized carbons (Fsp3) is 0.154. The van der Waals surface area contributed by atoms with Crippen LogP contribution in [0, 0.1) is 24.1 Å². The third-order valence-electron chi connectivity index (χ3n) is 5.92. The number of halogens is 2. The number of nitrogens with zero attached hydrogens (tertiary/aromatic N) is 3. The predicted molar refractivity (Wildman–Crippen MR) is 123 cm³/mol. The first kappa shape index (κ1) is 21.2. The summed E-state index contributed by atoms with van der Waals surface area (Å²) in [6, 6.07) is 15.6. The summed E-state index contributed by atoms with van der Waals surface area (Å²) in [5.74, 6) is -0.0274. The number of fused-ring (bicyclic) bond motifs is 3. The SMILES string of the molecule is C/C(C#N)=C1/c2ccc(C(O)c3c(C)nc4cc(Cl)ccn34)cc2COc2cc(F)ccc21. The van der Waals surface area contributed by atoms with E-state index in [0.29, 0.717) is 50.1 Å². The maximum Gasteiger partial charge on any atom is 0.138 e. The van der Waals surface area contributed by atoms with Crippen LogP contribution in [0.5, 0.6) is 5.75 Å². The first-order valence-electron chi connectivity index (χ1n) is 10.4. The van der Waals surface area contributed by atoms with Gasteiger partial charge in [-0.25, -0.2) is 9.37 Å². The van der Waals surface area contributed by atoms with Gasteiger partial charge in [-0.2, -0.15) is 5.26 Å². The highest BCUT2D eigenvalue weighted by atomic mass is 35.5. The minimum atomic E-state index is -0.945. The number of aromatic nitrogens is 2. The number of allylic oxidation sites excluding steroid dienone is 1. The Morgan fingerprint density at radius 2 is 2.00 bits per heavy atom. The molecule has 0 spiro atoms. The average molecular weight is 460 g/mol. The number of nitriles is 1. The van der Waals surface area contributed by atoms with Gasteiger partial charge in [0.2, 0.25) is 0 Å². The van der Waals surface area contributed by atoms with Gasteiger partial charge in [-0.1, -0.05) is 23.7 Å². The highest BCUT2D eigenvalue weighted by Gasteiger charge is 2.25. The molecule has 7 heteroatoms. The summed E-state index contributed by atoms with van der Waals surface area (Å²) in [6.07, 6.45) is 0.837. The lowest BCUT2D eigenvalue weighted by atomic mass is 9.89. The molecular formula is C26H19ClFN3O2. The Labute approximate surface area is 195 Å². The zero-order chi connectivity index (χ0) is 23.3. The molecular weight excluding hydrogens is 441 g/mol. The van der Waals surface area contributed by atoms with E-state index in [2.05, 4.69) is 11.1 Å². The van der Waals surface area contributed by atoms with E-state index in [1.807, 2.05) is 29.5 Å². The summed E-state index contributed by atoms with van der Waals surface area (Å²) in [4.78, 5) is 4.52. The average Bonchev–Trinajstić information content (AvgIpc) is 3.03. The van der Waals surface area contributed by atoms with E-state index in [0.717, 1.165) is 11.1 Å². The summed E-state index contributed by atoms with van der Waals surface area (Å²) in [5, 5.41) is 21.5. The van der Waals surface area contributed by atoms with Crippen LogP contribution in [0.2, 0.25) is 5.02 Å². The van der Waals surface area contributed by atoms with Gasteiger partial charge in [0.05, 0.1) is 17.5 Å². The van der Waals surface area contributed by atoms with E-state index in [1.54, 1.807) is 31.3 Å². The molecule has 164 valence electrons. The highest BCUT2D eigenvalue weighted by Crippen LogP contribution is 2.40. The van der Waals surface area contributed by atoms with Gasteiger partial charge in [0, 0.05) is 40.1 Å². The van der Waals surface area contributed by atoms with Crippen molar-refractivity contribution in [2.45, 2.75) is 26.6 Å². The number of benzene rings is 2. The summed E-state index contributed by atoms with van der Waals surface area (Å²) in [7, 11) is 0. The minimum absolute atomic E-state index is 0.177. The minimum Gasteiger partial charge on any atom is -0.488 e. The van der Waals surface area contributed by atoms with Crippen LogP contribution in [0.15, 0.2) is 60.3 Å². The van der Waals surface area contributed by atoms with Crippen molar-refractivity contribution in [3.63, 3.8) is 0 Å². The maximum atomic E-state index is 13.9. The van der Waals surface area contributed by atoms with Gasteiger partial charge in [-0.05, 0) is 54.8 Å². The van der Waals surface area contributed by atoms with Crippen molar-refractivity contribution in [1.82, 2.24) is 9.38 Å². The Balaban J connectivity index is 1.64. The van der Waals surface area contributed by atoms with Crippen LogP contribution in [0.25, 0.3) is 11.2 Å². The van der Waals surface area contributed by atoms with Crippen molar-refractivity contribution in [3.05, 3.63) is 105 Å². The van der Waals surface area contributed by atoms with Gasteiger partial charge in [-0.3, -0.25) is 0 Å². The standard InChI is InChI=1S/C26H19ClFN3O2/c1-14(12-29)24-20-5-3-16(9-17(20)13-33-22-11-19(28)4-6-21(22)24)26(32)25-15(2)30-23-10-18(27)7-8-31(23)25/h3-11,26,32H,13H2,1-2H3/b24-14+. The third kappa shape index (κ3) is 3.56. The molecule has 0 aliphatic carbocycles. The molecule has 0 fully saturated rings. The van der Waals surface area contributed by atoms with Crippen molar-refractivity contribution in [2.75, 3.05) is 0 Å². The van der Waals surface area contributed by atoms with Gasteiger partial charge in [0.15, 0.2) is 0 Å². The van der Waals surface area contributed by atoms with Crippen LogP contribution in [-0.4, -0.2) is 14.5 Å². The molecule has 1 aliphatic rings. The number of rotatable bonds is 2. The second-order valence-electron chi connectivity index (χ2n) is 8.02. The molecule has 1 N–H and O–H groups in total. The quantitative estimate of drug-likeness (QED) is 0.387. The van der Waals surface area contributed by atoms with Crippen molar-refractivity contribution in [2.24, 2.45) is 0 Å².